The molecule has 1 saturated heterocycles. The summed E-state index contributed by atoms with van der Waals surface area (Å²) in [6.07, 6.45) is 0. The van der Waals surface area contributed by atoms with Crippen LogP contribution in [0.15, 0.2) is 36.4 Å². The maximum Gasteiger partial charge on any atom is 0.161 e. The molecular formula is C24H34ClN3O3. The van der Waals surface area contributed by atoms with Crippen molar-refractivity contribution in [3.63, 3.8) is 0 Å². The predicted octanol–water partition coefficient (Wildman–Crippen LogP) is 4.18. The third-order valence-corrected chi connectivity index (χ3v) is 6.14. The molecule has 0 saturated carbocycles. The fourth-order valence-electron chi connectivity index (χ4n) is 3.82. The van der Waals surface area contributed by atoms with Gasteiger partial charge in [-0.2, -0.15) is 0 Å². The van der Waals surface area contributed by atoms with Gasteiger partial charge >= 0.3 is 0 Å². The topological polar surface area (TPSA) is 37.4 Å². The normalized spacial score (nSPS) is 15.8. The van der Waals surface area contributed by atoms with Gasteiger partial charge in [-0.05, 0) is 50.8 Å². The van der Waals surface area contributed by atoms with E-state index in [1.807, 2.05) is 32.3 Å². The Hall–Kier alpha value is -2.15. The molecule has 0 bridgehead atoms. The van der Waals surface area contributed by atoms with Crippen LogP contribution in [0.2, 0.25) is 5.02 Å². The number of nitrogens with zero attached hydrogens (tertiary/aromatic N) is 3. The average molecular weight is 448 g/mol. The van der Waals surface area contributed by atoms with E-state index in [1.165, 1.54) is 5.56 Å². The van der Waals surface area contributed by atoms with Crippen LogP contribution >= 0.6 is 11.6 Å². The molecule has 3 rings (SSSR count). The number of piperazine rings is 1. The number of anilines is 1. The molecular weight excluding hydrogens is 414 g/mol. The molecule has 0 radical (unpaired) electrons. The van der Waals surface area contributed by atoms with Crippen LogP contribution in [0.4, 0.5) is 5.69 Å². The van der Waals surface area contributed by atoms with Crippen LogP contribution in [-0.4, -0.2) is 77.4 Å². The fourth-order valence-corrected chi connectivity index (χ4v) is 4.02. The third-order valence-electron chi connectivity index (χ3n) is 5.83. The van der Waals surface area contributed by atoms with Gasteiger partial charge in [-0.3, -0.25) is 4.90 Å². The van der Waals surface area contributed by atoms with Crippen molar-refractivity contribution >= 4 is 17.3 Å². The highest BCUT2D eigenvalue weighted by molar-refractivity contribution is 6.32. The molecule has 1 aliphatic heterocycles. The highest BCUT2D eigenvalue weighted by Crippen LogP contribution is 2.34. The molecule has 0 spiro atoms. The average Bonchev–Trinajstić information content (AvgIpc) is 2.79. The van der Waals surface area contributed by atoms with Gasteiger partial charge in [0.05, 0.1) is 19.2 Å². The van der Waals surface area contributed by atoms with Gasteiger partial charge in [-0.15, -0.1) is 0 Å². The second-order valence-corrected chi connectivity index (χ2v) is 8.49. The summed E-state index contributed by atoms with van der Waals surface area (Å²) in [6, 6.07) is 12.5. The minimum absolute atomic E-state index is 0.298. The van der Waals surface area contributed by atoms with Gasteiger partial charge in [0.1, 0.15) is 12.4 Å². The summed E-state index contributed by atoms with van der Waals surface area (Å²) in [5, 5.41) is 0.640. The molecule has 1 unspecified atom stereocenters. The van der Waals surface area contributed by atoms with Gasteiger partial charge in [0, 0.05) is 50.5 Å². The molecule has 1 fully saturated rings. The number of likely N-dealkylation sites (N-methyl/N-ethyl adjacent to an activating group) is 1. The monoisotopic (exact) mass is 447 g/mol. The maximum atomic E-state index is 6.17. The molecule has 31 heavy (non-hydrogen) atoms. The largest absolute Gasteiger partial charge is 0.495 e. The summed E-state index contributed by atoms with van der Waals surface area (Å²) < 4.78 is 16.9. The number of hydrogen-bond donors (Lipinski definition) is 0. The van der Waals surface area contributed by atoms with Gasteiger partial charge < -0.3 is 24.0 Å². The molecule has 0 aromatic heterocycles. The molecule has 6 nitrogen and oxygen atoms in total. The first-order chi connectivity index (χ1) is 14.9. The molecule has 2 aromatic rings. The van der Waals surface area contributed by atoms with Crippen molar-refractivity contribution in [2.24, 2.45) is 0 Å². The van der Waals surface area contributed by atoms with E-state index in [1.54, 1.807) is 14.2 Å². The SMILES string of the molecule is COc1cc(N2CCN(C(C)c3ccc(OCCN(C)C)c(OC)c3)CC2)ccc1Cl. The molecule has 0 amide bonds. The predicted molar refractivity (Wildman–Crippen MR) is 127 cm³/mol. The molecule has 0 N–H and O–H groups in total. The number of halogens is 1. The zero-order chi connectivity index (χ0) is 22.4. The van der Waals surface area contributed by atoms with Gasteiger partial charge in [-0.1, -0.05) is 17.7 Å². The van der Waals surface area contributed by atoms with Crippen LogP contribution in [0.5, 0.6) is 17.2 Å². The van der Waals surface area contributed by atoms with Crippen LogP contribution in [0.3, 0.4) is 0 Å². The van der Waals surface area contributed by atoms with Crippen molar-refractivity contribution in [3.05, 3.63) is 47.0 Å². The minimum atomic E-state index is 0.298. The highest BCUT2D eigenvalue weighted by atomic mass is 35.5. The minimum Gasteiger partial charge on any atom is -0.495 e. The Bertz CT molecular complexity index is 854. The third kappa shape index (κ3) is 5.97. The number of ether oxygens (including phenoxy) is 3. The number of rotatable bonds is 9. The van der Waals surface area contributed by atoms with E-state index < -0.39 is 0 Å². The standard InChI is InChI=1S/C24H34ClN3O3/c1-18(19-6-9-22(24(16-19)30-5)31-15-14-26(2)3)27-10-12-28(13-11-27)20-7-8-21(25)23(17-20)29-4/h6-9,16-18H,10-15H2,1-5H3. The van der Waals surface area contributed by atoms with Crippen LogP contribution in [0, 0.1) is 0 Å². The molecule has 170 valence electrons. The summed E-state index contributed by atoms with van der Waals surface area (Å²) in [7, 11) is 7.42. The Labute approximate surface area is 191 Å². The van der Waals surface area contributed by atoms with Crippen molar-refractivity contribution in [1.29, 1.82) is 0 Å². The Kier molecular flexibility index (Phi) is 8.29. The van der Waals surface area contributed by atoms with Crippen LogP contribution < -0.4 is 19.1 Å². The van der Waals surface area contributed by atoms with Crippen LogP contribution in [0.25, 0.3) is 0 Å². The summed E-state index contributed by atoms with van der Waals surface area (Å²) in [5.74, 6) is 2.30. The van der Waals surface area contributed by atoms with Gasteiger partial charge in [0.2, 0.25) is 0 Å². The van der Waals surface area contributed by atoms with Crippen LogP contribution in [-0.2, 0) is 0 Å². The molecule has 1 heterocycles. The lowest BCUT2D eigenvalue weighted by Crippen LogP contribution is -2.47. The smallest absolute Gasteiger partial charge is 0.161 e. The quantitative estimate of drug-likeness (QED) is 0.574. The number of methoxy groups -OCH3 is 2. The maximum absolute atomic E-state index is 6.17. The van der Waals surface area contributed by atoms with Crippen LogP contribution in [0.1, 0.15) is 18.5 Å². The summed E-state index contributed by atoms with van der Waals surface area (Å²) in [5.41, 5.74) is 2.38. The lowest BCUT2D eigenvalue weighted by Gasteiger charge is -2.39. The van der Waals surface area contributed by atoms with Crippen molar-refractivity contribution in [3.8, 4) is 17.2 Å². The summed E-state index contributed by atoms with van der Waals surface area (Å²) >= 11 is 6.17. The van der Waals surface area contributed by atoms with Crippen molar-refractivity contribution < 1.29 is 14.2 Å². The zero-order valence-electron chi connectivity index (χ0n) is 19.2. The Morgan fingerprint density at radius 1 is 0.935 bits per heavy atom. The van der Waals surface area contributed by atoms with E-state index in [2.05, 4.69) is 39.8 Å². The lowest BCUT2D eigenvalue weighted by molar-refractivity contribution is 0.198. The zero-order valence-corrected chi connectivity index (χ0v) is 20.0. The molecule has 0 aliphatic carbocycles. The molecule has 1 aliphatic rings. The van der Waals surface area contributed by atoms with Crippen molar-refractivity contribution in [1.82, 2.24) is 9.80 Å². The highest BCUT2D eigenvalue weighted by Gasteiger charge is 2.23. The van der Waals surface area contributed by atoms with Gasteiger partial charge in [0.25, 0.3) is 0 Å². The Balaban J connectivity index is 1.61. The first-order valence-electron chi connectivity index (χ1n) is 10.7. The first-order valence-corrected chi connectivity index (χ1v) is 11.1. The fraction of sp³-hybridized carbons (Fsp3) is 0.500. The molecule has 7 heteroatoms. The molecule has 1 atom stereocenters. The van der Waals surface area contributed by atoms with E-state index in [0.29, 0.717) is 17.7 Å². The van der Waals surface area contributed by atoms with Crippen molar-refractivity contribution in [2.75, 3.05) is 72.5 Å². The van der Waals surface area contributed by atoms with Gasteiger partial charge in [-0.25, -0.2) is 0 Å². The second-order valence-electron chi connectivity index (χ2n) is 8.08. The lowest BCUT2D eigenvalue weighted by atomic mass is 10.0. The van der Waals surface area contributed by atoms with Gasteiger partial charge in [0.15, 0.2) is 11.5 Å². The van der Waals surface area contributed by atoms with E-state index in [9.17, 15) is 0 Å². The van der Waals surface area contributed by atoms with E-state index in [4.69, 9.17) is 25.8 Å². The summed E-state index contributed by atoms with van der Waals surface area (Å²) in [6.45, 7) is 7.63. The number of benzene rings is 2. The Morgan fingerprint density at radius 3 is 2.29 bits per heavy atom. The van der Waals surface area contributed by atoms with E-state index in [0.717, 1.165) is 55.7 Å². The summed E-state index contributed by atoms with van der Waals surface area (Å²) in [4.78, 5) is 6.98. The first kappa shape index (κ1) is 23.5. The van der Waals surface area contributed by atoms with E-state index >= 15 is 0 Å². The second kappa shape index (κ2) is 10.9. The number of hydrogen-bond acceptors (Lipinski definition) is 6. The Morgan fingerprint density at radius 2 is 1.65 bits per heavy atom. The molecule has 2 aromatic carbocycles. The van der Waals surface area contributed by atoms with E-state index in [-0.39, 0.29) is 0 Å². The van der Waals surface area contributed by atoms with Crippen molar-refractivity contribution in [2.45, 2.75) is 13.0 Å².